The highest BCUT2D eigenvalue weighted by Gasteiger charge is 2.44. The molecule has 0 aliphatic carbocycles. The van der Waals surface area contributed by atoms with Crippen LogP contribution in [-0.4, -0.2) is 40.9 Å². The minimum Gasteiger partial charge on any atom is -0.325 e. The first-order chi connectivity index (χ1) is 9.73. The molecule has 0 radical (unpaired) electrons. The fourth-order valence-corrected chi connectivity index (χ4v) is 3.10. The predicted octanol–water partition coefficient (Wildman–Crippen LogP) is 2.75. The Hall–Kier alpha value is -1.84. The van der Waals surface area contributed by atoms with Crippen molar-refractivity contribution < 1.29 is 9.59 Å². The molecule has 1 aromatic rings. The highest BCUT2D eigenvalue weighted by molar-refractivity contribution is 5.95. The van der Waals surface area contributed by atoms with Crippen molar-refractivity contribution in [2.75, 3.05) is 7.05 Å². The van der Waals surface area contributed by atoms with Gasteiger partial charge in [0.1, 0.15) is 6.17 Å². The number of hydrogen-bond donors (Lipinski definition) is 0. The first-order valence-electron chi connectivity index (χ1n) is 7.37. The molecule has 0 bridgehead atoms. The van der Waals surface area contributed by atoms with Crippen LogP contribution in [0.4, 0.5) is 0 Å². The third-order valence-corrected chi connectivity index (χ3v) is 4.00. The van der Waals surface area contributed by atoms with Gasteiger partial charge in [-0.1, -0.05) is 39.0 Å². The minimum absolute atomic E-state index is 0.0117. The highest BCUT2D eigenvalue weighted by atomic mass is 16.2. The Balaban J connectivity index is 2.42. The van der Waals surface area contributed by atoms with Crippen LogP contribution in [0.3, 0.4) is 0 Å². The Labute approximate surface area is 126 Å². The van der Waals surface area contributed by atoms with Crippen molar-refractivity contribution in [2.45, 2.75) is 46.3 Å². The smallest absolute Gasteiger partial charge is 0.255 e. The lowest BCUT2D eigenvalue weighted by Crippen LogP contribution is -2.64. The number of hydrogen-bond acceptors (Lipinski definition) is 2. The number of amides is 2. The van der Waals surface area contributed by atoms with Gasteiger partial charge in [0.15, 0.2) is 0 Å². The molecule has 0 saturated carbocycles. The second-order valence-corrected chi connectivity index (χ2v) is 6.88. The molecule has 4 nitrogen and oxygen atoms in total. The molecule has 0 unspecified atom stereocenters. The maximum absolute atomic E-state index is 12.9. The van der Waals surface area contributed by atoms with E-state index in [-0.39, 0.29) is 29.4 Å². The van der Waals surface area contributed by atoms with Gasteiger partial charge in [0, 0.05) is 30.5 Å². The number of rotatable bonds is 1. The topological polar surface area (TPSA) is 40.6 Å². The van der Waals surface area contributed by atoms with E-state index in [1.54, 1.807) is 11.9 Å². The zero-order chi connectivity index (χ0) is 15.8. The monoisotopic (exact) mass is 288 g/mol. The van der Waals surface area contributed by atoms with Crippen molar-refractivity contribution in [1.29, 1.82) is 0 Å². The van der Waals surface area contributed by atoms with Crippen LogP contribution >= 0.6 is 0 Å². The number of nitrogens with zero attached hydrogens (tertiary/aromatic N) is 2. The first-order valence-corrected chi connectivity index (χ1v) is 7.37. The summed E-state index contributed by atoms with van der Waals surface area (Å²) in [5.74, 6) is 0.0851. The summed E-state index contributed by atoms with van der Waals surface area (Å²) in [5, 5.41) is 0. The van der Waals surface area contributed by atoms with Crippen molar-refractivity contribution in [3.63, 3.8) is 0 Å². The molecule has 4 heteroatoms. The molecule has 0 spiro atoms. The second kappa shape index (κ2) is 5.51. The van der Waals surface area contributed by atoms with Crippen LogP contribution in [-0.2, 0) is 4.79 Å². The lowest BCUT2D eigenvalue weighted by Gasteiger charge is -2.51. The highest BCUT2D eigenvalue weighted by Crippen LogP contribution is 2.33. The van der Waals surface area contributed by atoms with Gasteiger partial charge in [0.2, 0.25) is 5.91 Å². The first kappa shape index (κ1) is 15.5. The fourth-order valence-electron chi connectivity index (χ4n) is 3.10. The van der Waals surface area contributed by atoms with Gasteiger partial charge in [-0.15, -0.1) is 0 Å². The molecule has 1 saturated heterocycles. The maximum Gasteiger partial charge on any atom is 0.255 e. The Morgan fingerprint density at radius 2 is 1.76 bits per heavy atom. The molecule has 21 heavy (non-hydrogen) atoms. The fraction of sp³-hybridized carbons (Fsp3) is 0.529. The summed E-state index contributed by atoms with van der Waals surface area (Å²) in [5.41, 5.74) is 0.463. The van der Waals surface area contributed by atoms with Gasteiger partial charge in [-0.2, -0.15) is 0 Å². The zero-order valence-electron chi connectivity index (χ0n) is 13.5. The third-order valence-electron chi connectivity index (χ3n) is 4.00. The Bertz CT molecular complexity index is 533. The summed E-state index contributed by atoms with van der Waals surface area (Å²) in [6.07, 6.45) is 0.142. The molecule has 1 aliphatic heterocycles. The van der Waals surface area contributed by atoms with Gasteiger partial charge >= 0.3 is 0 Å². The number of benzene rings is 1. The molecule has 2 atom stereocenters. The summed E-state index contributed by atoms with van der Waals surface area (Å²) in [6, 6.07) is 9.18. The second-order valence-electron chi connectivity index (χ2n) is 6.88. The van der Waals surface area contributed by atoms with Crippen LogP contribution in [0.5, 0.6) is 0 Å². The molecular formula is C17H24N2O2. The normalized spacial score (nSPS) is 23.4. The molecule has 0 aromatic heterocycles. The molecule has 1 heterocycles. The van der Waals surface area contributed by atoms with Gasteiger partial charge in [-0.05, 0) is 19.1 Å². The van der Waals surface area contributed by atoms with Crippen molar-refractivity contribution in [1.82, 2.24) is 9.80 Å². The summed E-state index contributed by atoms with van der Waals surface area (Å²) in [7, 11) is 1.79. The van der Waals surface area contributed by atoms with Crippen molar-refractivity contribution >= 4 is 11.8 Å². The van der Waals surface area contributed by atoms with Gasteiger partial charge in [-0.25, -0.2) is 0 Å². The standard InChI is InChI=1S/C17H24N2O2/c1-12-11-14(20)18(5)16(17(2,3)4)19(12)15(21)13-9-7-6-8-10-13/h6-10,12,16H,11H2,1-5H3/t12-,16+/m1/s1. The predicted molar refractivity (Wildman–Crippen MR) is 82.7 cm³/mol. The zero-order valence-corrected chi connectivity index (χ0v) is 13.5. The van der Waals surface area contributed by atoms with E-state index in [1.165, 1.54) is 0 Å². The molecule has 2 rings (SSSR count). The molecule has 1 fully saturated rings. The van der Waals surface area contributed by atoms with E-state index in [4.69, 9.17) is 0 Å². The average molecular weight is 288 g/mol. The van der Waals surface area contributed by atoms with Crippen LogP contribution in [0.15, 0.2) is 30.3 Å². The Morgan fingerprint density at radius 3 is 2.29 bits per heavy atom. The third kappa shape index (κ3) is 2.94. The Morgan fingerprint density at radius 1 is 1.19 bits per heavy atom. The lowest BCUT2D eigenvalue weighted by molar-refractivity contribution is -0.149. The van der Waals surface area contributed by atoms with Crippen molar-refractivity contribution in [2.24, 2.45) is 5.41 Å². The van der Waals surface area contributed by atoms with E-state index in [9.17, 15) is 9.59 Å². The van der Waals surface area contributed by atoms with Gasteiger partial charge in [-0.3, -0.25) is 9.59 Å². The van der Waals surface area contributed by atoms with E-state index in [0.29, 0.717) is 12.0 Å². The van der Waals surface area contributed by atoms with Gasteiger partial charge < -0.3 is 9.80 Å². The van der Waals surface area contributed by atoms with E-state index < -0.39 is 0 Å². The van der Waals surface area contributed by atoms with Crippen molar-refractivity contribution in [3.8, 4) is 0 Å². The van der Waals surface area contributed by atoms with E-state index in [0.717, 1.165) is 0 Å². The van der Waals surface area contributed by atoms with Crippen LogP contribution in [0.25, 0.3) is 0 Å². The molecule has 114 valence electrons. The van der Waals surface area contributed by atoms with Crippen molar-refractivity contribution in [3.05, 3.63) is 35.9 Å². The van der Waals surface area contributed by atoms with Crippen LogP contribution in [0.1, 0.15) is 44.5 Å². The van der Waals surface area contributed by atoms with Gasteiger partial charge in [0.05, 0.1) is 0 Å². The lowest BCUT2D eigenvalue weighted by atomic mass is 9.86. The molecule has 1 aliphatic rings. The molecule has 1 aromatic carbocycles. The number of carbonyl (C=O) groups is 2. The molecule has 0 N–H and O–H groups in total. The van der Waals surface area contributed by atoms with Gasteiger partial charge in [0.25, 0.3) is 5.91 Å². The van der Waals surface area contributed by atoms with Crippen LogP contribution in [0.2, 0.25) is 0 Å². The number of carbonyl (C=O) groups excluding carboxylic acids is 2. The van der Waals surface area contributed by atoms with E-state index >= 15 is 0 Å². The van der Waals surface area contributed by atoms with E-state index in [1.807, 2.05) is 42.2 Å². The maximum atomic E-state index is 12.9. The average Bonchev–Trinajstić information content (AvgIpc) is 2.41. The largest absolute Gasteiger partial charge is 0.325 e. The van der Waals surface area contributed by atoms with Crippen LogP contribution < -0.4 is 0 Å². The summed E-state index contributed by atoms with van der Waals surface area (Å²) in [4.78, 5) is 28.6. The molecular weight excluding hydrogens is 264 g/mol. The minimum atomic E-state index is -0.235. The quantitative estimate of drug-likeness (QED) is 0.797. The Kier molecular flexibility index (Phi) is 4.08. The SMILES string of the molecule is C[C@@H]1CC(=O)N(C)[C@H](C(C)(C)C)N1C(=O)c1ccccc1. The summed E-state index contributed by atoms with van der Waals surface area (Å²) >= 11 is 0. The van der Waals surface area contributed by atoms with Crippen LogP contribution in [0, 0.1) is 5.41 Å². The molecule has 2 amide bonds. The van der Waals surface area contributed by atoms with E-state index in [2.05, 4.69) is 20.8 Å². The summed E-state index contributed by atoms with van der Waals surface area (Å²) in [6.45, 7) is 8.13. The summed E-state index contributed by atoms with van der Waals surface area (Å²) < 4.78 is 0.